The molecule has 0 heterocycles. The van der Waals surface area contributed by atoms with Crippen molar-refractivity contribution >= 4 is 0 Å². The van der Waals surface area contributed by atoms with E-state index in [0.29, 0.717) is 6.04 Å². The maximum Gasteiger partial charge on any atom is 0.0110 e. The Balaban J connectivity index is 1.61. The summed E-state index contributed by atoms with van der Waals surface area (Å²) in [5, 5.41) is 3.80. The lowest BCUT2D eigenvalue weighted by Crippen LogP contribution is -2.40. The van der Waals surface area contributed by atoms with Crippen molar-refractivity contribution < 1.29 is 0 Å². The molecule has 0 unspecified atom stereocenters. The minimum Gasteiger partial charge on any atom is -0.313 e. The minimum atomic E-state index is 0.710. The highest BCUT2D eigenvalue weighted by Gasteiger charge is 2.25. The summed E-state index contributed by atoms with van der Waals surface area (Å²) in [5.74, 6) is 1.02. The molecule has 2 rings (SSSR count). The molecule has 0 bridgehead atoms. The molecule has 0 saturated heterocycles. The van der Waals surface area contributed by atoms with E-state index >= 15 is 0 Å². The highest BCUT2D eigenvalue weighted by atomic mass is 15.2. The average Bonchev–Trinajstić information content (AvgIpc) is 3.14. The molecule has 0 spiro atoms. The zero-order valence-corrected chi connectivity index (χ0v) is 12.5. The van der Waals surface area contributed by atoms with Gasteiger partial charge < -0.3 is 5.32 Å². The second kappa shape index (κ2) is 7.49. The third-order valence-corrected chi connectivity index (χ3v) is 4.61. The van der Waals surface area contributed by atoms with E-state index in [1.807, 2.05) is 0 Å². The van der Waals surface area contributed by atoms with E-state index in [2.05, 4.69) is 24.1 Å². The lowest BCUT2D eigenvalue weighted by atomic mass is 10.1. The average molecular weight is 252 g/mol. The first-order valence-electron chi connectivity index (χ1n) is 8.23. The van der Waals surface area contributed by atoms with Crippen LogP contribution in [0.5, 0.6) is 0 Å². The zero-order chi connectivity index (χ0) is 12.8. The molecule has 0 aliphatic heterocycles. The second-order valence-electron chi connectivity index (χ2n) is 6.67. The lowest BCUT2D eigenvalue weighted by Gasteiger charge is -2.27. The van der Waals surface area contributed by atoms with Gasteiger partial charge in [0.2, 0.25) is 0 Å². The molecular formula is C16H32N2. The van der Waals surface area contributed by atoms with Crippen LogP contribution in [-0.4, -0.2) is 36.6 Å². The smallest absolute Gasteiger partial charge is 0.0110 e. The van der Waals surface area contributed by atoms with E-state index in [1.54, 1.807) is 0 Å². The van der Waals surface area contributed by atoms with Crippen LogP contribution in [0.25, 0.3) is 0 Å². The van der Waals surface area contributed by atoms with E-state index in [9.17, 15) is 0 Å². The molecular weight excluding hydrogens is 220 g/mol. The van der Waals surface area contributed by atoms with Gasteiger partial charge in [0.05, 0.1) is 0 Å². The Labute approximate surface area is 114 Å². The maximum atomic E-state index is 3.80. The highest BCUT2D eigenvalue weighted by molar-refractivity contribution is 4.79. The largest absolute Gasteiger partial charge is 0.313 e. The molecule has 0 radical (unpaired) electrons. The monoisotopic (exact) mass is 252 g/mol. The van der Waals surface area contributed by atoms with Crippen molar-refractivity contribution in [3.63, 3.8) is 0 Å². The van der Waals surface area contributed by atoms with E-state index in [4.69, 9.17) is 0 Å². The van der Waals surface area contributed by atoms with Crippen LogP contribution in [0.2, 0.25) is 0 Å². The van der Waals surface area contributed by atoms with Crippen molar-refractivity contribution in [3.8, 4) is 0 Å². The molecule has 2 aliphatic rings. The predicted octanol–water partition coefficient (Wildman–Crippen LogP) is 3.42. The van der Waals surface area contributed by atoms with E-state index < -0.39 is 0 Å². The molecule has 0 aromatic carbocycles. The van der Waals surface area contributed by atoms with Crippen LogP contribution in [0.15, 0.2) is 0 Å². The van der Waals surface area contributed by atoms with Crippen LogP contribution in [0.3, 0.4) is 0 Å². The van der Waals surface area contributed by atoms with Gasteiger partial charge in [-0.3, -0.25) is 4.90 Å². The molecule has 18 heavy (non-hydrogen) atoms. The topological polar surface area (TPSA) is 15.3 Å². The SMILES string of the molecule is CC(C)N(CCNC1CCCCCC1)CC1CC1. The summed E-state index contributed by atoms with van der Waals surface area (Å²) in [5.41, 5.74) is 0. The molecule has 0 amide bonds. The van der Waals surface area contributed by atoms with Gasteiger partial charge >= 0.3 is 0 Å². The summed E-state index contributed by atoms with van der Waals surface area (Å²) >= 11 is 0. The third-order valence-electron chi connectivity index (χ3n) is 4.61. The molecule has 0 aromatic heterocycles. The van der Waals surface area contributed by atoms with Crippen molar-refractivity contribution in [3.05, 3.63) is 0 Å². The fraction of sp³-hybridized carbons (Fsp3) is 1.00. The van der Waals surface area contributed by atoms with Gasteiger partial charge in [-0.15, -0.1) is 0 Å². The van der Waals surface area contributed by atoms with E-state index in [-0.39, 0.29) is 0 Å². The summed E-state index contributed by atoms with van der Waals surface area (Å²) in [4.78, 5) is 2.67. The quantitative estimate of drug-likeness (QED) is 0.698. The molecule has 106 valence electrons. The molecule has 2 nitrogen and oxygen atoms in total. The van der Waals surface area contributed by atoms with Gasteiger partial charge in [-0.25, -0.2) is 0 Å². The molecule has 0 aromatic rings. The Morgan fingerprint density at radius 3 is 2.22 bits per heavy atom. The summed E-state index contributed by atoms with van der Waals surface area (Å²) in [6.07, 6.45) is 11.5. The zero-order valence-electron chi connectivity index (χ0n) is 12.5. The summed E-state index contributed by atoms with van der Waals surface area (Å²) in [6.45, 7) is 8.45. The Kier molecular flexibility index (Phi) is 5.97. The van der Waals surface area contributed by atoms with Gasteiger partial charge in [0.25, 0.3) is 0 Å². The van der Waals surface area contributed by atoms with Gasteiger partial charge in [-0.05, 0) is 45.4 Å². The Morgan fingerprint density at radius 2 is 1.67 bits per heavy atom. The standard InChI is InChI=1S/C16H32N2/c1-14(2)18(13-15-9-10-15)12-11-17-16-7-5-3-4-6-8-16/h14-17H,3-13H2,1-2H3. The van der Waals surface area contributed by atoms with Crippen molar-refractivity contribution in [2.75, 3.05) is 19.6 Å². The Morgan fingerprint density at radius 1 is 1.00 bits per heavy atom. The lowest BCUT2D eigenvalue weighted by molar-refractivity contribution is 0.209. The van der Waals surface area contributed by atoms with Crippen LogP contribution in [0, 0.1) is 5.92 Å². The van der Waals surface area contributed by atoms with Crippen LogP contribution in [0.1, 0.15) is 65.2 Å². The number of nitrogens with zero attached hydrogens (tertiary/aromatic N) is 1. The van der Waals surface area contributed by atoms with Crippen molar-refractivity contribution in [2.45, 2.75) is 77.3 Å². The Bertz CT molecular complexity index is 215. The molecule has 2 aliphatic carbocycles. The first kappa shape index (κ1) is 14.3. The van der Waals surface area contributed by atoms with Crippen molar-refractivity contribution in [2.24, 2.45) is 5.92 Å². The maximum absolute atomic E-state index is 3.80. The minimum absolute atomic E-state index is 0.710. The van der Waals surface area contributed by atoms with Crippen molar-refractivity contribution in [1.82, 2.24) is 10.2 Å². The van der Waals surface area contributed by atoms with Crippen LogP contribution in [-0.2, 0) is 0 Å². The van der Waals surface area contributed by atoms with Crippen molar-refractivity contribution in [1.29, 1.82) is 0 Å². The van der Waals surface area contributed by atoms with E-state index in [1.165, 1.54) is 71.0 Å². The van der Waals surface area contributed by atoms with Gasteiger partial charge in [-0.1, -0.05) is 25.7 Å². The predicted molar refractivity (Wildman–Crippen MR) is 78.9 cm³/mol. The molecule has 1 N–H and O–H groups in total. The molecule has 0 atom stereocenters. The van der Waals surface area contributed by atoms with Gasteiger partial charge in [0.1, 0.15) is 0 Å². The highest BCUT2D eigenvalue weighted by Crippen LogP contribution is 2.30. The first-order valence-corrected chi connectivity index (χ1v) is 8.23. The molecule has 2 heteroatoms. The second-order valence-corrected chi connectivity index (χ2v) is 6.67. The van der Waals surface area contributed by atoms with Crippen LogP contribution in [0.4, 0.5) is 0 Å². The summed E-state index contributed by atoms with van der Waals surface area (Å²) in [6, 6.07) is 1.52. The van der Waals surface area contributed by atoms with E-state index in [0.717, 1.165) is 12.0 Å². The number of hydrogen-bond donors (Lipinski definition) is 1. The fourth-order valence-corrected chi connectivity index (χ4v) is 3.09. The van der Waals surface area contributed by atoms with Gasteiger partial charge in [0.15, 0.2) is 0 Å². The fourth-order valence-electron chi connectivity index (χ4n) is 3.09. The summed E-state index contributed by atoms with van der Waals surface area (Å²) < 4.78 is 0. The Hall–Kier alpha value is -0.0800. The molecule has 2 saturated carbocycles. The normalized spacial score (nSPS) is 22.7. The molecule has 2 fully saturated rings. The number of hydrogen-bond acceptors (Lipinski definition) is 2. The van der Waals surface area contributed by atoms with Crippen LogP contribution >= 0.6 is 0 Å². The third kappa shape index (κ3) is 5.27. The first-order chi connectivity index (χ1) is 8.75. The van der Waals surface area contributed by atoms with Crippen LogP contribution < -0.4 is 5.32 Å². The number of nitrogens with one attached hydrogen (secondary N) is 1. The van der Waals surface area contributed by atoms with Gasteiger partial charge in [-0.2, -0.15) is 0 Å². The van der Waals surface area contributed by atoms with Gasteiger partial charge in [0, 0.05) is 31.7 Å². The summed E-state index contributed by atoms with van der Waals surface area (Å²) in [7, 11) is 0. The number of rotatable bonds is 7.